The molecule has 1 heterocycles. The predicted octanol–water partition coefficient (Wildman–Crippen LogP) is 1.50. The molecule has 1 atom stereocenters. The smallest absolute Gasteiger partial charge is 0.317 e. The maximum Gasteiger partial charge on any atom is 0.317 e. The number of hydrogen-bond acceptors (Lipinski definition) is 3. The number of hydrogen-bond donors (Lipinski definition) is 2. The molecule has 0 aromatic heterocycles. The Morgan fingerprint density at radius 3 is 3.05 bits per heavy atom. The van der Waals surface area contributed by atoms with Crippen LogP contribution in [0.4, 0.5) is 4.79 Å². The second kappa shape index (κ2) is 7.26. The minimum absolute atomic E-state index is 0.0326. The lowest BCUT2D eigenvalue weighted by Gasteiger charge is -2.23. The highest BCUT2D eigenvalue weighted by Crippen LogP contribution is 2.16. The second-order valence-corrected chi connectivity index (χ2v) is 5.08. The van der Waals surface area contributed by atoms with Crippen molar-refractivity contribution in [2.45, 2.75) is 32.0 Å². The molecule has 1 aliphatic rings. The van der Waals surface area contributed by atoms with Crippen molar-refractivity contribution in [2.75, 3.05) is 20.3 Å². The molecular formula is C15H22N2O3. The molecule has 0 saturated carbocycles. The summed E-state index contributed by atoms with van der Waals surface area (Å²) in [5.74, 6) is 0. The average molecular weight is 278 g/mol. The molecule has 2 rings (SSSR count). The van der Waals surface area contributed by atoms with E-state index in [9.17, 15) is 9.90 Å². The molecule has 0 spiro atoms. The zero-order valence-corrected chi connectivity index (χ0v) is 11.8. The molecule has 1 aromatic carbocycles. The van der Waals surface area contributed by atoms with Gasteiger partial charge in [-0.2, -0.15) is 0 Å². The van der Waals surface area contributed by atoms with Crippen LogP contribution in [0.25, 0.3) is 0 Å². The number of nitrogens with zero attached hydrogens (tertiary/aromatic N) is 1. The number of nitrogens with one attached hydrogen (secondary N) is 1. The van der Waals surface area contributed by atoms with Crippen LogP contribution in [0.2, 0.25) is 0 Å². The minimum Gasteiger partial charge on any atom is -0.394 e. The summed E-state index contributed by atoms with van der Waals surface area (Å²) in [4.78, 5) is 13.8. The van der Waals surface area contributed by atoms with Crippen molar-refractivity contribution in [1.29, 1.82) is 0 Å². The lowest BCUT2D eigenvalue weighted by Crippen LogP contribution is -2.43. The van der Waals surface area contributed by atoms with Gasteiger partial charge in [-0.3, -0.25) is 0 Å². The topological polar surface area (TPSA) is 61.8 Å². The van der Waals surface area contributed by atoms with Crippen LogP contribution in [0.5, 0.6) is 0 Å². The first kappa shape index (κ1) is 14.8. The molecule has 1 saturated heterocycles. The highest BCUT2D eigenvalue weighted by atomic mass is 16.5. The van der Waals surface area contributed by atoms with E-state index < -0.39 is 0 Å². The third-order valence-electron chi connectivity index (χ3n) is 3.59. The minimum atomic E-state index is -0.0984. The third kappa shape index (κ3) is 3.71. The van der Waals surface area contributed by atoms with Gasteiger partial charge in [0.25, 0.3) is 0 Å². The Kier molecular flexibility index (Phi) is 5.38. The molecule has 110 valence electrons. The van der Waals surface area contributed by atoms with E-state index in [1.165, 1.54) is 0 Å². The van der Waals surface area contributed by atoms with Crippen molar-refractivity contribution in [3.8, 4) is 0 Å². The molecular weight excluding hydrogens is 256 g/mol. The number of carbonyl (C=O) groups excluding carboxylic acids is 1. The van der Waals surface area contributed by atoms with Crippen molar-refractivity contribution in [1.82, 2.24) is 10.2 Å². The number of carbonyl (C=O) groups is 1. The molecule has 2 amide bonds. The van der Waals surface area contributed by atoms with E-state index in [0.29, 0.717) is 13.2 Å². The first-order valence-corrected chi connectivity index (χ1v) is 6.96. The molecule has 5 heteroatoms. The molecule has 1 fully saturated rings. The van der Waals surface area contributed by atoms with Gasteiger partial charge in [-0.1, -0.05) is 24.3 Å². The number of methoxy groups -OCH3 is 1. The second-order valence-electron chi connectivity index (χ2n) is 5.08. The quantitative estimate of drug-likeness (QED) is 0.858. The summed E-state index contributed by atoms with van der Waals surface area (Å²) in [7, 11) is 1.66. The number of ether oxygens (including phenoxy) is 1. The van der Waals surface area contributed by atoms with Gasteiger partial charge in [0.15, 0.2) is 0 Å². The lowest BCUT2D eigenvalue weighted by atomic mass is 10.1. The maximum absolute atomic E-state index is 12.1. The molecule has 2 N–H and O–H groups in total. The van der Waals surface area contributed by atoms with Crippen molar-refractivity contribution < 1.29 is 14.6 Å². The van der Waals surface area contributed by atoms with Crippen LogP contribution in [-0.2, 0) is 17.9 Å². The van der Waals surface area contributed by atoms with Gasteiger partial charge in [-0.15, -0.1) is 0 Å². The number of likely N-dealkylation sites (tertiary alicyclic amines) is 1. The Balaban J connectivity index is 1.88. The summed E-state index contributed by atoms with van der Waals surface area (Å²) in [6.07, 6.45) is 1.84. The zero-order chi connectivity index (χ0) is 14.4. The molecule has 0 bridgehead atoms. The molecule has 20 heavy (non-hydrogen) atoms. The van der Waals surface area contributed by atoms with Crippen LogP contribution in [0.1, 0.15) is 24.0 Å². The van der Waals surface area contributed by atoms with Crippen LogP contribution >= 0.6 is 0 Å². The normalized spacial score (nSPS) is 18.3. The van der Waals surface area contributed by atoms with Gasteiger partial charge in [-0.05, 0) is 24.0 Å². The third-order valence-corrected chi connectivity index (χ3v) is 3.59. The Hall–Kier alpha value is -1.59. The Morgan fingerprint density at radius 2 is 2.30 bits per heavy atom. The van der Waals surface area contributed by atoms with E-state index in [0.717, 1.165) is 30.5 Å². The summed E-state index contributed by atoms with van der Waals surface area (Å²) < 4.78 is 5.10. The van der Waals surface area contributed by atoms with Crippen molar-refractivity contribution in [3.05, 3.63) is 35.4 Å². The van der Waals surface area contributed by atoms with Gasteiger partial charge >= 0.3 is 6.03 Å². The van der Waals surface area contributed by atoms with Crippen LogP contribution in [0.15, 0.2) is 24.3 Å². The SMILES string of the molecule is COCc1cccc(CNC(=O)N2CCCC2CO)c1. The highest BCUT2D eigenvalue weighted by molar-refractivity contribution is 5.74. The molecule has 0 radical (unpaired) electrons. The fourth-order valence-corrected chi connectivity index (χ4v) is 2.57. The number of amides is 2. The van der Waals surface area contributed by atoms with Crippen LogP contribution in [-0.4, -0.2) is 42.3 Å². The number of rotatable bonds is 5. The lowest BCUT2D eigenvalue weighted by molar-refractivity contribution is 0.157. The molecule has 5 nitrogen and oxygen atoms in total. The fraction of sp³-hybridized carbons (Fsp3) is 0.533. The van der Waals surface area contributed by atoms with Gasteiger partial charge in [0.1, 0.15) is 0 Å². The van der Waals surface area contributed by atoms with Crippen molar-refractivity contribution in [2.24, 2.45) is 0 Å². The number of benzene rings is 1. The van der Waals surface area contributed by atoms with Gasteiger partial charge in [0, 0.05) is 20.2 Å². The van der Waals surface area contributed by atoms with Gasteiger partial charge in [-0.25, -0.2) is 4.79 Å². The Bertz CT molecular complexity index is 450. The van der Waals surface area contributed by atoms with Crippen LogP contribution in [0, 0.1) is 0 Å². The summed E-state index contributed by atoms with van der Waals surface area (Å²) in [6.45, 7) is 1.82. The summed E-state index contributed by atoms with van der Waals surface area (Å²) in [6, 6.07) is 7.83. The van der Waals surface area contributed by atoms with Crippen LogP contribution in [0.3, 0.4) is 0 Å². The van der Waals surface area contributed by atoms with Gasteiger partial charge in [0.05, 0.1) is 19.3 Å². The first-order chi connectivity index (χ1) is 9.74. The summed E-state index contributed by atoms with van der Waals surface area (Å²) in [5, 5.41) is 12.1. The van der Waals surface area contributed by atoms with Gasteiger partial charge < -0.3 is 20.1 Å². The monoisotopic (exact) mass is 278 g/mol. The molecule has 0 aliphatic carbocycles. The van der Waals surface area contributed by atoms with Crippen molar-refractivity contribution in [3.63, 3.8) is 0 Å². The van der Waals surface area contributed by atoms with Crippen molar-refractivity contribution >= 4 is 6.03 Å². The summed E-state index contributed by atoms with van der Waals surface area (Å²) in [5.41, 5.74) is 2.14. The van der Waals surface area contributed by atoms with Crippen LogP contribution < -0.4 is 5.32 Å². The maximum atomic E-state index is 12.1. The first-order valence-electron chi connectivity index (χ1n) is 6.96. The zero-order valence-electron chi connectivity index (χ0n) is 11.8. The molecule has 1 aliphatic heterocycles. The number of urea groups is 1. The number of aliphatic hydroxyl groups excluding tert-OH is 1. The highest BCUT2D eigenvalue weighted by Gasteiger charge is 2.27. The molecule has 1 unspecified atom stereocenters. The number of aliphatic hydroxyl groups is 1. The molecule has 1 aromatic rings. The van der Waals surface area contributed by atoms with E-state index >= 15 is 0 Å². The van der Waals surface area contributed by atoms with Gasteiger partial charge in [0.2, 0.25) is 0 Å². The van der Waals surface area contributed by atoms with E-state index in [1.807, 2.05) is 24.3 Å². The fourth-order valence-electron chi connectivity index (χ4n) is 2.57. The van der Waals surface area contributed by atoms with E-state index in [-0.39, 0.29) is 18.7 Å². The standard InChI is InChI=1S/C15H22N2O3/c1-20-11-13-5-2-4-12(8-13)9-16-15(19)17-7-3-6-14(17)10-18/h2,4-5,8,14,18H,3,6-7,9-11H2,1H3,(H,16,19). The predicted molar refractivity (Wildman–Crippen MR) is 76.2 cm³/mol. The van der Waals surface area contributed by atoms with E-state index in [1.54, 1.807) is 12.0 Å². The Morgan fingerprint density at radius 1 is 1.50 bits per heavy atom. The van der Waals surface area contributed by atoms with E-state index in [4.69, 9.17) is 4.74 Å². The average Bonchev–Trinajstić information content (AvgIpc) is 2.94. The van der Waals surface area contributed by atoms with E-state index in [2.05, 4.69) is 5.32 Å². The summed E-state index contributed by atoms with van der Waals surface area (Å²) >= 11 is 0. The Labute approximate surface area is 119 Å². The largest absolute Gasteiger partial charge is 0.394 e.